The number of halogens is 4. The van der Waals surface area contributed by atoms with Gasteiger partial charge in [0.2, 0.25) is 0 Å². The normalized spacial score (nSPS) is 11.4. The van der Waals surface area contributed by atoms with E-state index in [0.29, 0.717) is 0 Å². The van der Waals surface area contributed by atoms with E-state index in [2.05, 4.69) is 0 Å². The number of hydrogen-bond acceptors (Lipinski definition) is 2. The van der Waals surface area contributed by atoms with Crippen LogP contribution in [0.15, 0.2) is 12.1 Å². The van der Waals surface area contributed by atoms with Gasteiger partial charge in [-0.15, -0.1) is 0 Å². The van der Waals surface area contributed by atoms with Gasteiger partial charge in [0, 0.05) is 0 Å². The highest BCUT2D eigenvalue weighted by molar-refractivity contribution is 6.32. The van der Waals surface area contributed by atoms with Crippen molar-refractivity contribution in [1.82, 2.24) is 0 Å². The van der Waals surface area contributed by atoms with Gasteiger partial charge in [-0.05, 0) is 19.1 Å². The van der Waals surface area contributed by atoms with E-state index in [4.69, 9.17) is 16.3 Å². The lowest BCUT2D eigenvalue weighted by Crippen LogP contribution is -2.08. The van der Waals surface area contributed by atoms with Crippen LogP contribution in [-0.4, -0.2) is 12.9 Å². The van der Waals surface area contributed by atoms with Crippen LogP contribution in [0.5, 0.6) is 5.75 Å². The number of benzene rings is 1. The molecule has 0 heterocycles. The minimum atomic E-state index is -4.57. The molecule has 1 rings (SSSR count). The van der Waals surface area contributed by atoms with Crippen LogP contribution in [0.1, 0.15) is 22.8 Å². The molecule has 2 nitrogen and oxygen atoms in total. The second-order valence-corrected chi connectivity index (χ2v) is 3.49. The van der Waals surface area contributed by atoms with Gasteiger partial charge in [-0.3, -0.25) is 4.79 Å². The smallest absolute Gasteiger partial charge is 0.417 e. The number of methoxy groups -OCH3 is 1. The van der Waals surface area contributed by atoms with Crippen LogP contribution in [-0.2, 0) is 6.18 Å². The van der Waals surface area contributed by atoms with E-state index in [1.54, 1.807) is 0 Å². The zero-order valence-electron chi connectivity index (χ0n) is 8.48. The Morgan fingerprint density at radius 2 is 1.94 bits per heavy atom. The largest absolute Gasteiger partial charge is 0.496 e. The highest BCUT2D eigenvalue weighted by Gasteiger charge is 2.34. The average Bonchev–Trinajstić information content (AvgIpc) is 2.15. The Kier molecular flexibility index (Phi) is 3.48. The summed E-state index contributed by atoms with van der Waals surface area (Å²) in [6.45, 7) is 1.22. The lowest BCUT2D eigenvalue weighted by molar-refractivity contribution is -0.137. The van der Waals surface area contributed by atoms with E-state index in [-0.39, 0.29) is 11.3 Å². The maximum atomic E-state index is 12.5. The molecule has 0 saturated heterocycles. The van der Waals surface area contributed by atoms with Crippen LogP contribution >= 0.6 is 11.6 Å². The van der Waals surface area contributed by atoms with Crippen LogP contribution in [0.25, 0.3) is 0 Å². The van der Waals surface area contributed by atoms with Gasteiger partial charge in [0.25, 0.3) is 0 Å². The Morgan fingerprint density at radius 1 is 1.38 bits per heavy atom. The summed E-state index contributed by atoms with van der Waals surface area (Å²) in [5.41, 5.74) is -0.989. The predicted molar refractivity (Wildman–Crippen MR) is 53.0 cm³/mol. The van der Waals surface area contributed by atoms with E-state index in [1.807, 2.05) is 0 Å². The SMILES string of the molecule is COc1cc(C(F)(F)F)c(Cl)cc1C(C)=O. The quantitative estimate of drug-likeness (QED) is 0.752. The fourth-order valence-corrected chi connectivity index (χ4v) is 1.49. The van der Waals surface area contributed by atoms with E-state index in [1.165, 1.54) is 14.0 Å². The number of hydrogen-bond donors (Lipinski definition) is 0. The Labute approximate surface area is 95.0 Å². The van der Waals surface area contributed by atoms with Crippen molar-refractivity contribution >= 4 is 17.4 Å². The molecule has 0 aromatic heterocycles. The van der Waals surface area contributed by atoms with Gasteiger partial charge < -0.3 is 4.74 Å². The predicted octanol–water partition coefficient (Wildman–Crippen LogP) is 3.57. The van der Waals surface area contributed by atoms with E-state index in [9.17, 15) is 18.0 Å². The fourth-order valence-electron chi connectivity index (χ4n) is 1.21. The molecule has 0 atom stereocenters. The third-order valence-corrected chi connectivity index (χ3v) is 2.29. The van der Waals surface area contributed by atoms with Crippen molar-refractivity contribution in [3.8, 4) is 5.75 Å². The number of carbonyl (C=O) groups is 1. The molecule has 16 heavy (non-hydrogen) atoms. The van der Waals surface area contributed by atoms with Crippen molar-refractivity contribution in [2.75, 3.05) is 7.11 Å². The molecule has 0 saturated carbocycles. The summed E-state index contributed by atoms with van der Waals surface area (Å²) in [6.07, 6.45) is -4.57. The molecule has 0 N–H and O–H groups in total. The van der Waals surface area contributed by atoms with Crippen LogP contribution in [0.3, 0.4) is 0 Å². The van der Waals surface area contributed by atoms with Crippen molar-refractivity contribution in [3.05, 3.63) is 28.3 Å². The minimum Gasteiger partial charge on any atom is -0.496 e. The molecule has 0 aliphatic carbocycles. The number of ether oxygens (including phenoxy) is 1. The zero-order valence-corrected chi connectivity index (χ0v) is 9.24. The second kappa shape index (κ2) is 4.33. The van der Waals surface area contributed by atoms with Crippen molar-refractivity contribution in [2.45, 2.75) is 13.1 Å². The molecule has 0 radical (unpaired) electrons. The molecule has 0 bridgehead atoms. The standard InChI is InChI=1S/C10H8ClF3O2/c1-5(15)6-3-8(11)7(10(12,13)14)4-9(6)16-2/h3-4H,1-2H3. The lowest BCUT2D eigenvalue weighted by atomic mass is 10.1. The summed E-state index contributed by atoms with van der Waals surface area (Å²) >= 11 is 5.46. The maximum Gasteiger partial charge on any atom is 0.417 e. The molecule has 88 valence electrons. The topological polar surface area (TPSA) is 26.3 Å². The van der Waals surface area contributed by atoms with Gasteiger partial charge in [-0.2, -0.15) is 13.2 Å². The molecular weight excluding hydrogens is 245 g/mol. The molecule has 1 aromatic rings. The van der Waals surface area contributed by atoms with Crippen molar-refractivity contribution in [2.24, 2.45) is 0 Å². The third kappa shape index (κ3) is 2.47. The first-order valence-electron chi connectivity index (χ1n) is 4.23. The summed E-state index contributed by atoms with van der Waals surface area (Å²) in [7, 11) is 1.19. The minimum absolute atomic E-state index is 0.0282. The molecule has 0 aliphatic rings. The summed E-state index contributed by atoms with van der Waals surface area (Å²) in [4.78, 5) is 11.1. The number of rotatable bonds is 2. The van der Waals surface area contributed by atoms with E-state index < -0.39 is 22.5 Å². The van der Waals surface area contributed by atoms with Crippen LogP contribution in [0.4, 0.5) is 13.2 Å². The van der Waals surface area contributed by atoms with Crippen molar-refractivity contribution in [3.63, 3.8) is 0 Å². The number of Topliss-reactive ketones (excluding diaryl/α,β-unsaturated/α-hetero) is 1. The number of ketones is 1. The zero-order chi connectivity index (χ0) is 12.5. The Balaban J connectivity index is 3.43. The fraction of sp³-hybridized carbons (Fsp3) is 0.300. The monoisotopic (exact) mass is 252 g/mol. The molecular formula is C10H8ClF3O2. The Hall–Kier alpha value is -1.23. The Morgan fingerprint density at radius 3 is 2.31 bits per heavy atom. The van der Waals surface area contributed by atoms with Crippen LogP contribution in [0.2, 0.25) is 5.02 Å². The summed E-state index contributed by atoms with van der Waals surface area (Å²) in [5.74, 6) is -0.545. The maximum absolute atomic E-state index is 12.5. The summed E-state index contributed by atoms with van der Waals surface area (Å²) < 4.78 is 42.1. The molecule has 1 aromatic carbocycles. The molecule has 0 spiro atoms. The first kappa shape index (κ1) is 12.8. The van der Waals surface area contributed by atoms with Crippen molar-refractivity contribution < 1.29 is 22.7 Å². The molecule has 0 amide bonds. The molecule has 0 fully saturated rings. The number of alkyl halides is 3. The highest BCUT2D eigenvalue weighted by atomic mass is 35.5. The Bertz CT molecular complexity index is 427. The first-order valence-corrected chi connectivity index (χ1v) is 4.61. The molecule has 0 aliphatic heterocycles. The van der Waals surface area contributed by atoms with Gasteiger partial charge in [-0.25, -0.2) is 0 Å². The summed E-state index contributed by atoms with van der Waals surface area (Å²) in [6, 6.07) is 1.69. The third-order valence-electron chi connectivity index (χ3n) is 1.97. The van der Waals surface area contributed by atoms with Crippen LogP contribution in [0, 0.1) is 0 Å². The lowest BCUT2D eigenvalue weighted by Gasteiger charge is -2.13. The summed E-state index contributed by atoms with van der Waals surface area (Å²) in [5, 5.41) is -0.515. The molecule has 0 unspecified atom stereocenters. The van der Waals surface area contributed by atoms with Gasteiger partial charge in [0.05, 0.1) is 23.3 Å². The van der Waals surface area contributed by atoms with Crippen molar-refractivity contribution in [1.29, 1.82) is 0 Å². The first-order chi connectivity index (χ1) is 7.27. The molecule has 6 heteroatoms. The van der Waals surface area contributed by atoms with E-state index >= 15 is 0 Å². The van der Waals surface area contributed by atoms with Gasteiger partial charge >= 0.3 is 6.18 Å². The average molecular weight is 253 g/mol. The highest BCUT2D eigenvalue weighted by Crippen LogP contribution is 2.38. The van der Waals surface area contributed by atoms with Gasteiger partial charge in [-0.1, -0.05) is 11.6 Å². The van der Waals surface area contributed by atoms with Gasteiger partial charge in [0.1, 0.15) is 5.75 Å². The van der Waals surface area contributed by atoms with Gasteiger partial charge in [0.15, 0.2) is 5.78 Å². The second-order valence-electron chi connectivity index (χ2n) is 3.09. The van der Waals surface area contributed by atoms with Crippen LogP contribution < -0.4 is 4.74 Å². The number of carbonyl (C=O) groups excluding carboxylic acids is 1. The van der Waals surface area contributed by atoms with E-state index in [0.717, 1.165) is 12.1 Å².